The fourth-order valence-electron chi connectivity index (χ4n) is 2.92. The first-order valence-corrected chi connectivity index (χ1v) is 11.6. The highest BCUT2D eigenvalue weighted by Crippen LogP contribution is 2.28. The smallest absolute Gasteiger partial charge is 0.265 e. The molecule has 7 nitrogen and oxygen atoms in total. The standard InChI is InChI=1S/C21H19N3O4S2/c1-2-27-17-10-5-6-12-19(17)30(25,26)24-16-9-4-3-8-15(16)14-20-22-21(23-28-20)18-11-7-13-29-18/h3-13,24H,2,14H2,1H3. The number of para-hydroxylation sites is 2. The Bertz CT molecular complexity index is 1230. The third-order valence-corrected chi connectivity index (χ3v) is 6.52. The number of thiophene rings is 1. The van der Waals surface area contributed by atoms with Crippen LogP contribution in [0, 0.1) is 0 Å². The number of nitrogens with one attached hydrogen (secondary N) is 1. The molecule has 0 unspecified atom stereocenters. The largest absolute Gasteiger partial charge is 0.492 e. The van der Waals surface area contributed by atoms with Crippen LogP contribution in [0.15, 0.2) is 75.5 Å². The second kappa shape index (κ2) is 8.68. The maximum atomic E-state index is 13.0. The Morgan fingerprint density at radius 2 is 1.87 bits per heavy atom. The number of aromatic nitrogens is 2. The van der Waals surface area contributed by atoms with Gasteiger partial charge in [-0.3, -0.25) is 4.72 Å². The van der Waals surface area contributed by atoms with Crippen LogP contribution in [0.3, 0.4) is 0 Å². The van der Waals surface area contributed by atoms with E-state index in [9.17, 15) is 8.42 Å². The van der Waals surface area contributed by atoms with E-state index < -0.39 is 10.0 Å². The topological polar surface area (TPSA) is 94.3 Å². The Morgan fingerprint density at radius 1 is 1.07 bits per heavy atom. The summed E-state index contributed by atoms with van der Waals surface area (Å²) in [6, 6.07) is 17.5. The van der Waals surface area contributed by atoms with Crippen LogP contribution in [0.25, 0.3) is 10.7 Å². The molecule has 2 aromatic carbocycles. The number of benzene rings is 2. The molecule has 0 saturated heterocycles. The molecule has 0 saturated carbocycles. The predicted octanol–water partition coefficient (Wildman–Crippen LogP) is 4.59. The Kier molecular flexibility index (Phi) is 5.82. The highest BCUT2D eigenvalue weighted by Gasteiger charge is 2.21. The molecule has 0 aliphatic heterocycles. The van der Waals surface area contributed by atoms with Gasteiger partial charge in [0.2, 0.25) is 11.7 Å². The Morgan fingerprint density at radius 3 is 2.67 bits per heavy atom. The van der Waals surface area contributed by atoms with Crippen molar-refractivity contribution < 1.29 is 17.7 Å². The number of hydrogen-bond donors (Lipinski definition) is 1. The molecule has 4 rings (SSSR count). The van der Waals surface area contributed by atoms with Gasteiger partial charge in [0.15, 0.2) is 0 Å². The van der Waals surface area contributed by atoms with E-state index in [-0.39, 0.29) is 4.90 Å². The minimum absolute atomic E-state index is 0.0828. The zero-order chi connectivity index (χ0) is 21.0. The minimum atomic E-state index is -3.85. The lowest BCUT2D eigenvalue weighted by molar-refractivity contribution is 0.331. The van der Waals surface area contributed by atoms with Crippen LogP contribution in [0.5, 0.6) is 5.75 Å². The molecule has 9 heteroatoms. The molecule has 154 valence electrons. The summed E-state index contributed by atoms with van der Waals surface area (Å²) in [5.41, 5.74) is 1.16. The van der Waals surface area contributed by atoms with Crippen molar-refractivity contribution in [1.82, 2.24) is 10.1 Å². The molecule has 0 radical (unpaired) electrons. The van der Waals surface area contributed by atoms with E-state index in [0.717, 1.165) is 10.4 Å². The summed E-state index contributed by atoms with van der Waals surface area (Å²) in [7, 11) is -3.85. The summed E-state index contributed by atoms with van der Waals surface area (Å²) in [6.45, 7) is 2.17. The SMILES string of the molecule is CCOc1ccccc1S(=O)(=O)Nc1ccccc1Cc1nc(-c2cccs2)no1. The normalized spacial score (nSPS) is 11.4. The molecular weight excluding hydrogens is 422 g/mol. The molecule has 0 amide bonds. The van der Waals surface area contributed by atoms with Crippen LogP contribution in [-0.2, 0) is 16.4 Å². The molecule has 0 atom stereocenters. The molecule has 0 aliphatic carbocycles. The van der Waals surface area contributed by atoms with Crippen LogP contribution in [0.1, 0.15) is 18.4 Å². The Balaban J connectivity index is 1.60. The number of hydrogen-bond acceptors (Lipinski definition) is 7. The lowest BCUT2D eigenvalue weighted by Gasteiger charge is -2.14. The predicted molar refractivity (Wildman–Crippen MR) is 115 cm³/mol. The van der Waals surface area contributed by atoms with Crippen molar-refractivity contribution in [2.24, 2.45) is 0 Å². The highest BCUT2D eigenvalue weighted by molar-refractivity contribution is 7.92. The van der Waals surface area contributed by atoms with Crippen molar-refractivity contribution in [1.29, 1.82) is 0 Å². The van der Waals surface area contributed by atoms with Crippen LogP contribution < -0.4 is 9.46 Å². The first-order valence-electron chi connectivity index (χ1n) is 9.26. The Labute approximate surface area is 178 Å². The lowest BCUT2D eigenvalue weighted by atomic mass is 10.1. The Hall–Kier alpha value is -3.17. The van der Waals surface area contributed by atoms with Crippen LogP contribution in [-0.4, -0.2) is 25.2 Å². The molecule has 0 aliphatic rings. The molecule has 4 aromatic rings. The van der Waals surface area contributed by atoms with Crippen LogP contribution >= 0.6 is 11.3 Å². The van der Waals surface area contributed by atoms with Crippen molar-refractivity contribution in [3.05, 3.63) is 77.5 Å². The number of rotatable bonds is 8. The van der Waals surface area contributed by atoms with Gasteiger partial charge in [-0.25, -0.2) is 8.42 Å². The zero-order valence-electron chi connectivity index (χ0n) is 16.1. The summed E-state index contributed by atoms with van der Waals surface area (Å²) >= 11 is 1.52. The molecule has 0 spiro atoms. The second-order valence-electron chi connectivity index (χ2n) is 6.31. The first-order chi connectivity index (χ1) is 14.6. The van der Waals surface area contributed by atoms with E-state index in [4.69, 9.17) is 9.26 Å². The maximum Gasteiger partial charge on any atom is 0.265 e. The van der Waals surface area contributed by atoms with Gasteiger partial charge < -0.3 is 9.26 Å². The van der Waals surface area contributed by atoms with Gasteiger partial charge in [0, 0.05) is 0 Å². The minimum Gasteiger partial charge on any atom is -0.492 e. The number of ether oxygens (including phenoxy) is 1. The molecule has 2 heterocycles. The fraction of sp³-hybridized carbons (Fsp3) is 0.143. The average molecular weight is 442 g/mol. The zero-order valence-corrected chi connectivity index (χ0v) is 17.7. The van der Waals surface area contributed by atoms with E-state index in [0.29, 0.717) is 36.2 Å². The third-order valence-electron chi connectivity index (χ3n) is 4.25. The molecule has 1 N–H and O–H groups in total. The van der Waals surface area contributed by atoms with Gasteiger partial charge in [-0.2, -0.15) is 4.98 Å². The molecule has 30 heavy (non-hydrogen) atoms. The van der Waals surface area contributed by atoms with E-state index in [2.05, 4.69) is 14.9 Å². The monoisotopic (exact) mass is 441 g/mol. The van der Waals surface area contributed by atoms with Gasteiger partial charge in [0.1, 0.15) is 10.6 Å². The van der Waals surface area contributed by atoms with Gasteiger partial charge in [0.05, 0.1) is 23.6 Å². The van der Waals surface area contributed by atoms with Gasteiger partial charge in [0.25, 0.3) is 10.0 Å². The van der Waals surface area contributed by atoms with Crippen molar-refractivity contribution in [3.8, 4) is 16.5 Å². The summed E-state index contributed by atoms with van der Waals surface area (Å²) < 4.78 is 39.5. The van der Waals surface area contributed by atoms with Crippen molar-refractivity contribution in [3.63, 3.8) is 0 Å². The number of nitrogens with zero attached hydrogens (tertiary/aromatic N) is 2. The van der Waals surface area contributed by atoms with E-state index in [1.165, 1.54) is 17.4 Å². The van der Waals surface area contributed by atoms with Crippen LogP contribution in [0.2, 0.25) is 0 Å². The maximum absolute atomic E-state index is 13.0. The number of anilines is 1. The summed E-state index contributed by atoms with van der Waals surface area (Å²) in [5, 5.41) is 5.95. The highest BCUT2D eigenvalue weighted by atomic mass is 32.2. The number of sulfonamides is 1. The third kappa shape index (κ3) is 4.37. The van der Waals surface area contributed by atoms with Crippen molar-refractivity contribution >= 4 is 27.0 Å². The molecular formula is C21H19N3O4S2. The van der Waals surface area contributed by atoms with Crippen molar-refractivity contribution in [2.75, 3.05) is 11.3 Å². The van der Waals surface area contributed by atoms with Gasteiger partial charge >= 0.3 is 0 Å². The fourth-order valence-corrected chi connectivity index (χ4v) is 4.81. The molecule has 2 aromatic heterocycles. The van der Waals surface area contributed by atoms with Crippen LogP contribution in [0.4, 0.5) is 5.69 Å². The quantitative estimate of drug-likeness (QED) is 0.430. The lowest BCUT2D eigenvalue weighted by Crippen LogP contribution is -2.15. The molecule has 0 fully saturated rings. The summed E-state index contributed by atoms with van der Waals surface area (Å²) in [5.74, 6) is 1.23. The molecule has 0 bridgehead atoms. The summed E-state index contributed by atoms with van der Waals surface area (Å²) in [4.78, 5) is 5.41. The second-order valence-corrected chi connectivity index (χ2v) is 8.91. The average Bonchev–Trinajstić information content (AvgIpc) is 3.42. The van der Waals surface area contributed by atoms with E-state index in [1.54, 1.807) is 37.3 Å². The van der Waals surface area contributed by atoms with Crippen molar-refractivity contribution in [2.45, 2.75) is 18.2 Å². The summed E-state index contributed by atoms with van der Waals surface area (Å²) in [6.07, 6.45) is 0.296. The van der Waals surface area contributed by atoms with Gasteiger partial charge in [-0.1, -0.05) is 41.6 Å². The van der Waals surface area contributed by atoms with Gasteiger partial charge in [-0.05, 0) is 42.1 Å². The van der Waals surface area contributed by atoms with Gasteiger partial charge in [-0.15, -0.1) is 11.3 Å². The van der Waals surface area contributed by atoms with E-state index >= 15 is 0 Å². The van der Waals surface area contributed by atoms with E-state index in [1.807, 2.05) is 29.6 Å². The first kappa shape index (κ1) is 20.1.